The number of ether oxygens (including phenoxy) is 1. The molecule has 0 fully saturated rings. The summed E-state index contributed by atoms with van der Waals surface area (Å²) in [5, 5.41) is 9.24. The molecule has 3 aromatic rings. The first-order valence-electron chi connectivity index (χ1n) is 6.89. The minimum atomic E-state index is -0.0169. The van der Waals surface area contributed by atoms with Crippen LogP contribution < -0.4 is 4.74 Å². The second-order valence-corrected chi connectivity index (χ2v) is 4.82. The van der Waals surface area contributed by atoms with Crippen molar-refractivity contribution in [3.8, 4) is 17.2 Å². The van der Waals surface area contributed by atoms with Gasteiger partial charge in [-0.1, -0.05) is 30.3 Å². The van der Waals surface area contributed by atoms with E-state index in [2.05, 4.69) is 0 Å². The number of aromatic hydroxyl groups is 1. The van der Waals surface area contributed by atoms with Gasteiger partial charge in [0.2, 0.25) is 0 Å². The van der Waals surface area contributed by atoms with Crippen molar-refractivity contribution in [3.05, 3.63) is 90.0 Å². The molecule has 0 spiro atoms. The van der Waals surface area contributed by atoms with Gasteiger partial charge in [-0.25, -0.2) is 0 Å². The van der Waals surface area contributed by atoms with Crippen molar-refractivity contribution in [3.63, 3.8) is 0 Å². The van der Waals surface area contributed by atoms with E-state index in [9.17, 15) is 9.90 Å². The molecule has 3 heteroatoms. The third-order valence-corrected chi connectivity index (χ3v) is 3.22. The lowest BCUT2D eigenvalue weighted by Crippen LogP contribution is -2.00. The number of hydrogen-bond donors (Lipinski definition) is 1. The molecule has 0 heterocycles. The molecule has 0 bridgehead atoms. The van der Waals surface area contributed by atoms with Crippen LogP contribution in [0.5, 0.6) is 17.2 Å². The van der Waals surface area contributed by atoms with Crippen molar-refractivity contribution < 1.29 is 14.6 Å². The van der Waals surface area contributed by atoms with Crippen molar-refractivity contribution in [2.24, 2.45) is 0 Å². The second-order valence-electron chi connectivity index (χ2n) is 4.82. The summed E-state index contributed by atoms with van der Waals surface area (Å²) < 4.78 is 5.65. The number of benzene rings is 3. The summed E-state index contributed by atoms with van der Waals surface area (Å²) in [6.07, 6.45) is 0. The number of phenolic OH excluding ortho intramolecular Hbond substituents is 1. The number of hydrogen-bond acceptors (Lipinski definition) is 3. The predicted octanol–water partition coefficient (Wildman–Crippen LogP) is 4.42. The van der Waals surface area contributed by atoms with Crippen LogP contribution in [0.1, 0.15) is 15.9 Å². The normalized spacial score (nSPS) is 10.2. The predicted molar refractivity (Wildman–Crippen MR) is 84.5 cm³/mol. The number of phenols is 1. The fourth-order valence-electron chi connectivity index (χ4n) is 2.08. The van der Waals surface area contributed by atoms with Crippen LogP contribution in [-0.2, 0) is 0 Å². The minimum absolute atomic E-state index is 0.0169. The minimum Gasteiger partial charge on any atom is -0.508 e. The van der Waals surface area contributed by atoms with Gasteiger partial charge >= 0.3 is 0 Å². The van der Waals surface area contributed by atoms with Crippen LogP contribution in [0.15, 0.2) is 78.9 Å². The molecule has 1 N–H and O–H groups in total. The third kappa shape index (κ3) is 3.15. The molecule has 3 nitrogen and oxygen atoms in total. The first-order chi connectivity index (χ1) is 10.7. The number of carbonyl (C=O) groups is 1. The molecule has 3 rings (SSSR count). The van der Waals surface area contributed by atoms with Gasteiger partial charge in [-0.05, 0) is 48.5 Å². The molecule has 0 aliphatic carbocycles. The van der Waals surface area contributed by atoms with E-state index in [0.29, 0.717) is 22.6 Å². The fraction of sp³-hybridized carbons (Fsp3) is 0. The first kappa shape index (κ1) is 13.9. The van der Waals surface area contributed by atoms with E-state index in [1.165, 1.54) is 0 Å². The van der Waals surface area contributed by atoms with E-state index in [1.54, 1.807) is 60.7 Å². The van der Waals surface area contributed by atoms with Crippen LogP contribution >= 0.6 is 0 Å². The molecule has 0 unspecified atom stereocenters. The van der Waals surface area contributed by atoms with Crippen molar-refractivity contribution in [1.82, 2.24) is 0 Å². The molecule has 0 aliphatic rings. The highest BCUT2D eigenvalue weighted by Crippen LogP contribution is 2.24. The van der Waals surface area contributed by atoms with Crippen LogP contribution in [0.25, 0.3) is 0 Å². The van der Waals surface area contributed by atoms with Gasteiger partial charge in [0.1, 0.15) is 17.2 Å². The van der Waals surface area contributed by atoms with Crippen LogP contribution in [0.4, 0.5) is 0 Å². The Kier molecular flexibility index (Phi) is 3.88. The van der Waals surface area contributed by atoms with Crippen molar-refractivity contribution in [1.29, 1.82) is 0 Å². The highest BCUT2D eigenvalue weighted by molar-refractivity contribution is 6.08. The summed E-state index contributed by atoms with van der Waals surface area (Å²) in [4.78, 5) is 12.3. The maximum atomic E-state index is 12.3. The lowest BCUT2D eigenvalue weighted by Gasteiger charge is -2.07. The number of ketones is 1. The number of carbonyl (C=O) groups excluding carboxylic acids is 1. The van der Waals surface area contributed by atoms with Gasteiger partial charge in [0.05, 0.1) is 0 Å². The zero-order chi connectivity index (χ0) is 15.4. The van der Waals surface area contributed by atoms with Gasteiger partial charge in [-0.15, -0.1) is 0 Å². The Hall–Kier alpha value is -3.07. The molecule has 0 saturated carbocycles. The van der Waals surface area contributed by atoms with Crippen LogP contribution in [-0.4, -0.2) is 10.9 Å². The maximum absolute atomic E-state index is 12.3. The lowest BCUT2D eigenvalue weighted by atomic mass is 10.0. The SMILES string of the molecule is O=C(c1ccccc1)c1ccc(Oc2ccc(O)cc2)cc1. The smallest absolute Gasteiger partial charge is 0.193 e. The molecule has 0 aliphatic heterocycles. The van der Waals surface area contributed by atoms with Gasteiger partial charge in [0, 0.05) is 11.1 Å². The zero-order valence-electron chi connectivity index (χ0n) is 11.8. The van der Waals surface area contributed by atoms with E-state index in [-0.39, 0.29) is 11.5 Å². The average Bonchev–Trinajstić information content (AvgIpc) is 2.58. The Labute approximate surface area is 128 Å². The molecule has 0 radical (unpaired) electrons. The van der Waals surface area contributed by atoms with Crippen molar-refractivity contribution in [2.75, 3.05) is 0 Å². The summed E-state index contributed by atoms with van der Waals surface area (Å²) in [6.45, 7) is 0. The lowest BCUT2D eigenvalue weighted by molar-refractivity contribution is 0.103. The highest BCUT2D eigenvalue weighted by atomic mass is 16.5. The quantitative estimate of drug-likeness (QED) is 0.724. The summed E-state index contributed by atoms with van der Waals surface area (Å²) >= 11 is 0. The van der Waals surface area contributed by atoms with Crippen LogP contribution in [0.3, 0.4) is 0 Å². The van der Waals surface area contributed by atoms with E-state index in [0.717, 1.165) is 0 Å². The van der Waals surface area contributed by atoms with E-state index >= 15 is 0 Å². The monoisotopic (exact) mass is 290 g/mol. The van der Waals surface area contributed by atoms with Gasteiger partial charge in [0.15, 0.2) is 5.78 Å². The standard InChI is InChI=1S/C19H14O3/c20-16-8-12-18(13-9-16)22-17-10-6-15(7-11-17)19(21)14-4-2-1-3-5-14/h1-13,20H. The Morgan fingerprint density at radius 1 is 0.682 bits per heavy atom. The Morgan fingerprint density at radius 2 is 1.18 bits per heavy atom. The van der Waals surface area contributed by atoms with Gasteiger partial charge < -0.3 is 9.84 Å². The highest BCUT2D eigenvalue weighted by Gasteiger charge is 2.08. The molecule has 0 saturated heterocycles. The number of rotatable bonds is 4. The van der Waals surface area contributed by atoms with Crippen LogP contribution in [0.2, 0.25) is 0 Å². The van der Waals surface area contributed by atoms with E-state index < -0.39 is 0 Å². The summed E-state index contributed by atoms with van der Waals surface area (Å²) in [5.41, 5.74) is 1.28. The average molecular weight is 290 g/mol. The molecule has 108 valence electrons. The van der Waals surface area contributed by atoms with Gasteiger partial charge in [-0.2, -0.15) is 0 Å². The third-order valence-electron chi connectivity index (χ3n) is 3.22. The molecule has 0 aromatic heterocycles. The molecule has 0 atom stereocenters. The Morgan fingerprint density at radius 3 is 1.77 bits per heavy atom. The molecule has 3 aromatic carbocycles. The fourth-order valence-corrected chi connectivity index (χ4v) is 2.08. The van der Waals surface area contributed by atoms with Crippen LogP contribution in [0, 0.1) is 0 Å². The van der Waals surface area contributed by atoms with Crippen molar-refractivity contribution in [2.45, 2.75) is 0 Å². The van der Waals surface area contributed by atoms with Gasteiger partial charge in [0.25, 0.3) is 0 Å². The maximum Gasteiger partial charge on any atom is 0.193 e. The first-order valence-corrected chi connectivity index (χ1v) is 6.89. The largest absolute Gasteiger partial charge is 0.508 e. The molecular formula is C19H14O3. The summed E-state index contributed by atoms with van der Waals surface area (Å²) in [6, 6.07) is 22.6. The Balaban J connectivity index is 1.75. The molecule has 0 amide bonds. The summed E-state index contributed by atoms with van der Waals surface area (Å²) in [5.74, 6) is 1.43. The van der Waals surface area contributed by atoms with Crippen molar-refractivity contribution >= 4 is 5.78 Å². The van der Waals surface area contributed by atoms with E-state index in [1.807, 2.05) is 18.2 Å². The second kappa shape index (κ2) is 6.14. The summed E-state index contributed by atoms with van der Waals surface area (Å²) in [7, 11) is 0. The van der Waals surface area contributed by atoms with E-state index in [4.69, 9.17) is 4.74 Å². The topological polar surface area (TPSA) is 46.5 Å². The molecule has 22 heavy (non-hydrogen) atoms. The molecular weight excluding hydrogens is 276 g/mol. The van der Waals surface area contributed by atoms with Gasteiger partial charge in [-0.3, -0.25) is 4.79 Å². The zero-order valence-corrected chi connectivity index (χ0v) is 11.8. The Bertz CT molecular complexity index is 760.